The van der Waals surface area contributed by atoms with Gasteiger partial charge in [-0.05, 0) is 61.3 Å². The van der Waals surface area contributed by atoms with E-state index >= 15 is 0 Å². The van der Waals surface area contributed by atoms with Crippen LogP contribution in [0.15, 0.2) is 54.6 Å². The van der Waals surface area contributed by atoms with Crippen LogP contribution < -0.4 is 5.73 Å². The lowest BCUT2D eigenvalue weighted by atomic mass is 9.90. The lowest BCUT2D eigenvalue weighted by Crippen LogP contribution is -2.39. The van der Waals surface area contributed by atoms with E-state index in [1.165, 1.54) is 61.8 Å². The monoisotopic (exact) mass is 348 g/mol. The molecule has 3 atom stereocenters. The number of piperidine rings is 1. The Morgan fingerprint density at radius 2 is 1.73 bits per heavy atom. The van der Waals surface area contributed by atoms with Crippen LogP contribution in [0.5, 0.6) is 0 Å². The van der Waals surface area contributed by atoms with Gasteiger partial charge in [0.25, 0.3) is 0 Å². The van der Waals surface area contributed by atoms with E-state index < -0.39 is 0 Å². The molecule has 4 rings (SSSR count). The van der Waals surface area contributed by atoms with Crippen LogP contribution >= 0.6 is 0 Å². The van der Waals surface area contributed by atoms with Gasteiger partial charge in [0.1, 0.15) is 0 Å². The second-order valence-electron chi connectivity index (χ2n) is 8.21. The molecule has 1 aliphatic heterocycles. The SMILES string of the molecule is NC1Cc2ccccc2C1CCCC1CCCCN1Cc1ccccc1. The first kappa shape index (κ1) is 17.8. The van der Waals surface area contributed by atoms with Crippen molar-refractivity contribution in [1.82, 2.24) is 4.90 Å². The van der Waals surface area contributed by atoms with Crippen molar-refractivity contribution in [3.63, 3.8) is 0 Å². The number of nitrogens with two attached hydrogens (primary N) is 1. The van der Waals surface area contributed by atoms with Gasteiger partial charge in [0, 0.05) is 18.6 Å². The molecule has 2 aliphatic rings. The van der Waals surface area contributed by atoms with Gasteiger partial charge in [0.05, 0.1) is 0 Å². The molecule has 2 aromatic rings. The van der Waals surface area contributed by atoms with Crippen molar-refractivity contribution in [2.45, 2.75) is 69.5 Å². The molecular weight excluding hydrogens is 316 g/mol. The molecule has 2 N–H and O–H groups in total. The summed E-state index contributed by atoms with van der Waals surface area (Å²) in [5.74, 6) is 0.567. The zero-order chi connectivity index (χ0) is 17.8. The minimum absolute atomic E-state index is 0.319. The average Bonchev–Trinajstić information content (AvgIpc) is 2.99. The fourth-order valence-corrected chi connectivity index (χ4v) is 5.06. The maximum atomic E-state index is 6.47. The quantitative estimate of drug-likeness (QED) is 0.806. The lowest BCUT2D eigenvalue weighted by Gasteiger charge is -2.36. The predicted molar refractivity (Wildman–Crippen MR) is 109 cm³/mol. The highest BCUT2D eigenvalue weighted by molar-refractivity contribution is 5.37. The van der Waals surface area contributed by atoms with E-state index in [1.807, 2.05) is 0 Å². The van der Waals surface area contributed by atoms with Crippen molar-refractivity contribution < 1.29 is 0 Å². The Morgan fingerprint density at radius 1 is 0.923 bits per heavy atom. The summed E-state index contributed by atoms with van der Waals surface area (Å²) in [6.45, 7) is 2.36. The summed E-state index contributed by atoms with van der Waals surface area (Å²) in [6, 6.07) is 20.9. The number of nitrogens with zero attached hydrogens (tertiary/aromatic N) is 1. The Kier molecular flexibility index (Phi) is 5.72. The molecule has 1 saturated heterocycles. The smallest absolute Gasteiger partial charge is 0.0236 e. The van der Waals surface area contributed by atoms with Crippen LogP contribution in [0.4, 0.5) is 0 Å². The van der Waals surface area contributed by atoms with Crippen LogP contribution in [-0.2, 0) is 13.0 Å². The molecule has 1 aliphatic carbocycles. The second kappa shape index (κ2) is 8.37. The summed E-state index contributed by atoms with van der Waals surface area (Å²) in [5, 5.41) is 0. The maximum Gasteiger partial charge on any atom is 0.0236 e. The van der Waals surface area contributed by atoms with Crippen LogP contribution in [0.1, 0.15) is 61.1 Å². The van der Waals surface area contributed by atoms with Crippen molar-refractivity contribution in [2.75, 3.05) is 6.54 Å². The van der Waals surface area contributed by atoms with Crippen molar-refractivity contribution in [2.24, 2.45) is 5.73 Å². The van der Waals surface area contributed by atoms with E-state index in [1.54, 1.807) is 0 Å². The molecular formula is C24H32N2. The first-order chi connectivity index (χ1) is 12.8. The molecule has 138 valence electrons. The Morgan fingerprint density at radius 3 is 2.62 bits per heavy atom. The Hall–Kier alpha value is -1.64. The van der Waals surface area contributed by atoms with Crippen molar-refractivity contribution in [1.29, 1.82) is 0 Å². The standard InChI is InChI=1S/C24H32N2/c25-24-17-20-11-4-5-14-22(20)23(24)15-8-13-21-12-6-7-16-26(21)18-19-9-2-1-3-10-19/h1-5,9-11,14,21,23-24H,6-8,12-13,15-18,25H2. The number of rotatable bonds is 6. The van der Waals surface area contributed by atoms with Gasteiger partial charge in [-0.1, -0.05) is 67.4 Å². The van der Waals surface area contributed by atoms with Crippen molar-refractivity contribution in [3.8, 4) is 0 Å². The van der Waals surface area contributed by atoms with Gasteiger partial charge in [0.15, 0.2) is 0 Å². The summed E-state index contributed by atoms with van der Waals surface area (Å²) in [6.07, 6.45) is 9.02. The molecule has 26 heavy (non-hydrogen) atoms. The molecule has 0 spiro atoms. The topological polar surface area (TPSA) is 29.3 Å². The third kappa shape index (κ3) is 4.02. The molecule has 0 aromatic heterocycles. The van der Waals surface area contributed by atoms with Crippen LogP contribution in [0.25, 0.3) is 0 Å². The third-order valence-corrected chi connectivity index (χ3v) is 6.46. The van der Waals surface area contributed by atoms with Crippen molar-refractivity contribution in [3.05, 3.63) is 71.3 Å². The molecule has 1 heterocycles. The Balaban J connectivity index is 1.33. The third-order valence-electron chi connectivity index (χ3n) is 6.46. The minimum Gasteiger partial charge on any atom is -0.327 e. The number of hydrogen-bond acceptors (Lipinski definition) is 2. The van der Waals surface area contributed by atoms with E-state index in [9.17, 15) is 0 Å². The van der Waals surface area contributed by atoms with E-state index in [0.29, 0.717) is 12.0 Å². The lowest BCUT2D eigenvalue weighted by molar-refractivity contribution is 0.129. The van der Waals surface area contributed by atoms with Crippen LogP contribution in [0, 0.1) is 0 Å². The molecule has 2 heteroatoms. The van der Waals surface area contributed by atoms with Gasteiger partial charge in [0.2, 0.25) is 0 Å². The molecule has 0 bridgehead atoms. The Labute approximate surface area is 158 Å². The highest BCUT2D eigenvalue weighted by Crippen LogP contribution is 2.36. The van der Waals surface area contributed by atoms with Crippen molar-refractivity contribution >= 4 is 0 Å². The number of benzene rings is 2. The molecule has 1 fully saturated rings. The van der Waals surface area contributed by atoms with Crippen LogP contribution in [0.3, 0.4) is 0 Å². The van der Waals surface area contributed by atoms with Gasteiger partial charge < -0.3 is 5.73 Å². The normalized spacial score (nSPS) is 26.0. The molecule has 0 radical (unpaired) electrons. The van der Waals surface area contributed by atoms with E-state index in [2.05, 4.69) is 59.5 Å². The average molecular weight is 349 g/mol. The highest BCUT2D eigenvalue weighted by Gasteiger charge is 2.29. The van der Waals surface area contributed by atoms with Gasteiger partial charge in [-0.15, -0.1) is 0 Å². The van der Waals surface area contributed by atoms with Crippen LogP contribution in [0.2, 0.25) is 0 Å². The first-order valence-electron chi connectivity index (χ1n) is 10.4. The van der Waals surface area contributed by atoms with Gasteiger partial charge in [-0.2, -0.15) is 0 Å². The summed E-state index contributed by atoms with van der Waals surface area (Å²) in [7, 11) is 0. The highest BCUT2D eigenvalue weighted by atomic mass is 15.2. The molecule has 2 aromatic carbocycles. The number of hydrogen-bond donors (Lipinski definition) is 1. The molecule has 0 saturated carbocycles. The Bertz CT molecular complexity index is 696. The number of fused-ring (bicyclic) bond motifs is 1. The number of likely N-dealkylation sites (tertiary alicyclic amines) is 1. The zero-order valence-corrected chi connectivity index (χ0v) is 15.8. The largest absolute Gasteiger partial charge is 0.327 e. The zero-order valence-electron chi connectivity index (χ0n) is 15.8. The molecule has 2 nitrogen and oxygen atoms in total. The summed E-state index contributed by atoms with van der Waals surface area (Å²) in [5.41, 5.74) is 10.9. The molecule has 3 unspecified atom stereocenters. The van der Waals surface area contributed by atoms with E-state index in [0.717, 1.165) is 19.0 Å². The van der Waals surface area contributed by atoms with E-state index in [4.69, 9.17) is 5.73 Å². The minimum atomic E-state index is 0.319. The fourth-order valence-electron chi connectivity index (χ4n) is 5.06. The van der Waals surface area contributed by atoms with Gasteiger partial charge in [-0.25, -0.2) is 0 Å². The summed E-state index contributed by atoms with van der Waals surface area (Å²) in [4.78, 5) is 2.72. The van der Waals surface area contributed by atoms with Gasteiger partial charge >= 0.3 is 0 Å². The van der Waals surface area contributed by atoms with Gasteiger partial charge in [-0.3, -0.25) is 4.90 Å². The summed E-state index contributed by atoms with van der Waals surface area (Å²) < 4.78 is 0. The second-order valence-corrected chi connectivity index (χ2v) is 8.21. The fraction of sp³-hybridized carbons (Fsp3) is 0.500. The van der Waals surface area contributed by atoms with Crippen LogP contribution in [-0.4, -0.2) is 23.5 Å². The maximum absolute atomic E-state index is 6.47. The molecule has 0 amide bonds. The first-order valence-corrected chi connectivity index (χ1v) is 10.4. The van der Waals surface area contributed by atoms with E-state index in [-0.39, 0.29) is 0 Å². The summed E-state index contributed by atoms with van der Waals surface area (Å²) >= 11 is 0. The predicted octanol–water partition coefficient (Wildman–Crippen LogP) is 4.88.